The van der Waals surface area contributed by atoms with Crippen molar-refractivity contribution < 1.29 is 4.74 Å². The Labute approximate surface area is 247 Å². The third-order valence-electron chi connectivity index (χ3n) is 9.25. The number of aromatic nitrogens is 3. The molecule has 1 atom stereocenters. The number of anilines is 2. The van der Waals surface area contributed by atoms with Crippen molar-refractivity contribution in [1.29, 1.82) is 0 Å². The molecule has 0 amide bonds. The molecule has 0 bridgehead atoms. The average molecular weight is 556 g/mol. The number of hydrogen-bond acceptors (Lipinski definition) is 5. The van der Waals surface area contributed by atoms with Crippen LogP contribution in [0.4, 0.5) is 11.4 Å². The Balaban J connectivity index is 1.20. The van der Waals surface area contributed by atoms with Crippen molar-refractivity contribution in [2.24, 2.45) is 7.05 Å². The second-order valence-electron chi connectivity index (χ2n) is 12.5. The molecule has 1 unspecified atom stereocenters. The van der Waals surface area contributed by atoms with Crippen LogP contribution in [-0.4, -0.2) is 26.9 Å². The molecule has 1 fully saturated rings. The zero-order chi connectivity index (χ0) is 28.3. The molecular weight excluding hydrogens is 518 g/mol. The standard InChI is InChI=1S/C36H37N5O/c1-36(11-4-3-5-12-36)42-35-18-25(10-13-38-35)27-15-28-20-37-22-32(28)34(17-27)41-14-6-7-26-16-30(29-21-39-40(2)23-29)31(19-33(26)41)24-8-9-24/h3-5,10-11,13,15-19,21,23-24,37H,6-9,12,14,20,22H2,1-2H3. The number of nitrogens with zero attached hydrogens (tertiary/aromatic N) is 4. The first-order valence-corrected chi connectivity index (χ1v) is 15.3. The molecular formula is C36H37N5O. The monoisotopic (exact) mass is 555 g/mol. The van der Waals surface area contributed by atoms with Gasteiger partial charge in [-0.3, -0.25) is 4.68 Å². The van der Waals surface area contributed by atoms with Crippen LogP contribution >= 0.6 is 0 Å². The van der Waals surface area contributed by atoms with Gasteiger partial charge in [0.1, 0.15) is 5.60 Å². The van der Waals surface area contributed by atoms with Gasteiger partial charge in [0.15, 0.2) is 0 Å². The van der Waals surface area contributed by atoms with E-state index < -0.39 is 0 Å². The summed E-state index contributed by atoms with van der Waals surface area (Å²) >= 11 is 0. The normalized spacial score (nSPS) is 21.0. The van der Waals surface area contributed by atoms with Crippen LogP contribution in [0.2, 0.25) is 0 Å². The van der Waals surface area contributed by atoms with Gasteiger partial charge in [0, 0.05) is 68.5 Å². The molecule has 42 heavy (non-hydrogen) atoms. The Kier molecular flexibility index (Phi) is 6.07. The number of allylic oxidation sites excluding steroid dienone is 2. The summed E-state index contributed by atoms with van der Waals surface area (Å²) < 4.78 is 8.32. The number of hydrogen-bond donors (Lipinski definition) is 1. The summed E-state index contributed by atoms with van der Waals surface area (Å²) in [6.45, 7) is 4.95. The van der Waals surface area contributed by atoms with Crippen LogP contribution in [0.1, 0.15) is 60.8 Å². The summed E-state index contributed by atoms with van der Waals surface area (Å²) in [4.78, 5) is 7.18. The molecule has 1 saturated carbocycles. The zero-order valence-corrected chi connectivity index (χ0v) is 24.4. The Morgan fingerprint density at radius 2 is 1.90 bits per heavy atom. The third-order valence-corrected chi connectivity index (χ3v) is 9.25. The molecule has 6 heteroatoms. The Morgan fingerprint density at radius 3 is 2.71 bits per heavy atom. The molecule has 212 valence electrons. The van der Waals surface area contributed by atoms with Gasteiger partial charge >= 0.3 is 0 Å². The number of pyridine rings is 1. The summed E-state index contributed by atoms with van der Waals surface area (Å²) in [5.74, 6) is 1.31. The lowest BCUT2D eigenvalue weighted by Gasteiger charge is -2.34. The van der Waals surface area contributed by atoms with Gasteiger partial charge in [0.25, 0.3) is 0 Å². The molecule has 6 nitrogen and oxygen atoms in total. The SMILES string of the molecule is Cn1cc(-c2cc3c(cc2C2CC2)N(c2cc(-c4ccnc(OC5(C)C=CC=CC5)c4)cc4c2CNC4)CCC3)cn1. The predicted molar refractivity (Wildman–Crippen MR) is 168 cm³/mol. The van der Waals surface area contributed by atoms with E-state index in [4.69, 9.17) is 4.74 Å². The number of aryl methyl sites for hydroxylation is 2. The van der Waals surface area contributed by atoms with Crippen molar-refractivity contribution in [2.75, 3.05) is 11.4 Å². The van der Waals surface area contributed by atoms with E-state index >= 15 is 0 Å². The number of benzene rings is 2. The van der Waals surface area contributed by atoms with Gasteiger partial charge in [0.05, 0.1) is 6.20 Å². The van der Waals surface area contributed by atoms with Crippen LogP contribution < -0.4 is 15.0 Å². The molecule has 0 radical (unpaired) electrons. The van der Waals surface area contributed by atoms with Crippen LogP contribution in [-0.2, 0) is 26.6 Å². The van der Waals surface area contributed by atoms with Crippen molar-refractivity contribution >= 4 is 11.4 Å². The van der Waals surface area contributed by atoms with E-state index in [9.17, 15) is 0 Å². The molecule has 2 aromatic carbocycles. The van der Waals surface area contributed by atoms with Crippen molar-refractivity contribution in [3.63, 3.8) is 0 Å². The van der Waals surface area contributed by atoms with Gasteiger partial charge in [-0.05, 0) is 114 Å². The van der Waals surface area contributed by atoms with Crippen LogP contribution in [0.25, 0.3) is 22.3 Å². The largest absolute Gasteiger partial charge is 0.467 e. The first-order chi connectivity index (χ1) is 20.5. The summed E-state index contributed by atoms with van der Waals surface area (Å²) in [6.07, 6.45) is 20.1. The lowest BCUT2D eigenvalue weighted by atomic mass is 9.90. The molecule has 2 aliphatic heterocycles. The quantitative estimate of drug-likeness (QED) is 0.269. The van der Waals surface area contributed by atoms with E-state index in [1.807, 2.05) is 24.1 Å². The molecule has 2 aliphatic carbocycles. The maximum absolute atomic E-state index is 6.40. The van der Waals surface area contributed by atoms with Crippen LogP contribution in [0, 0.1) is 0 Å². The fraction of sp³-hybridized carbons (Fsp3) is 0.333. The van der Waals surface area contributed by atoms with E-state index in [0.717, 1.165) is 44.5 Å². The Bertz CT molecular complexity index is 1750. The highest BCUT2D eigenvalue weighted by atomic mass is 16.5. The molecule has 2 aromatic heterocycles. The lowest BCUT2D eigenvalue weighted by Crippen LogP contribution is -2.30. The smallest absolute Gasteiger partial charge is 0.214 e. The minimum Gasteiger partial charge on any atom is -0.467 e. The minimum atomic E-state index is -0.376. The number of nitrogens with one attached hydrogen (secondary N) is 1. The van der Waals surface area contributed by atoms with E-state index in [1.54, 1.807) is 0 Å². The van der Waals surface area contributed by atoms with Gasteiger partial charge in [-0.15, -0.1) is 0 Å². The molecule has 4 aliphatic rings. The maximum Gasteiger partial charge on any atom is 0.214 e. The van der Waals surface area contributed by atoms with Gasteiger partial charge in [-0.25, -0.2) is 4.98 Å². The van der Waals surface area contributed by atoms with Crippen LogP contribution in [0.3, 0.4) is 0 Å². The molecule has 1 N–H and O–H groups in total. The summed E-state index contributed by atoms with van der Waals surface area (Å²) in [7, 11) is 2.00. The van der Waals surface area contributed by atoms with Crippen molar-refractivity contribution in [3.05, 3.63) is 102 Å². The fourth-order valence-corrected chi connectivity index (χ4v) is 6.92. The highest BCUT2D eigenvalue weighted by Gasteiger charge is 2.31. The maximum atomic E-state index is 6.40. The molecule has 4 heterocycles. The molecule has 0 saturated heterocycles. The third kappa shape index (κ3) is 4.64. The number of fused-ring (bicyclic) bond motifs is 2. The van der Waals surface area contributed by atoms with E-state index in [-0.39, 0.29) is 5.60 Å². The topological polar surface area (TPSA) is 55.2 Å². The number of rotatable bonds is 6. The first kappa shape index (κ1) is 25.5. The molecule has 0 spiro atoms. The zero-order valence-electron chi connectivity index (χ0n) is 24.4. The second-order valence-corrected chi connectivity index (χ2v) is 12.5. The fourth-order valence-electron chi connectivity index (χ4n) is 6.92. The molecule has 4 aromatic rings. The van der Waals surface area contributed by atoms with Crippen LogP contribution in [0.5, 0.6) is 5.88 Å². The molecule has 8 rings (SSSR count). The van der Waals surface area contributed by atoms with Gasteiger partial charge < -0.3 is 15.0 Å². The van der Waals surface area contributed by atoms with Gasteiger partial charge in [0.2, 0.25) is 5.88 Å². The van der Waals surface area contributed by atoms with E-state index in [0.29, 0.717) is 11.8 Å². The second kappa shape index (κ2) is 9.99. The van der Waals surface area contributed by atoms with Crippen molar-refractivity contribution in [2.45, 2.75) is 63.6 Å². The van der Waals surface area contributed by atoms with E-state index in [1.165, 1.54) is 63.2 Å². The lowest BCUT2D eigenvalue weighted by molar-refractivity contribution is 0.136. The minimum absolute atomic E-state index is 0.376. The highest BCUT2D eigenvalue weighted by Crippen LogP contribution is 2.49. The Hall–Kier alpha value is -4.16. The summed E-state index contributed by atoms with van der Waals surface area (Å²) in [6, 6.07) is 13.9. The predicted octanol–water partition coefficient (Wildman–Crippen LogP) is 7.37. The van der Waals surface area contributed by atoms with Crippen molar-refractivity contribution in [1.82, 2.24) is 20.1 Å². The van der Waals surface area contributed by atoms with Gasteiger partial charge in [-0.2, -0.15) is 5.10 Å². The van der Waals surface area contributed by atoms with Gasteiger partial charge in [-0.1, -0.05) is 18.2 Å². The summed E-state index contributed by atoms with van der Waals surface area (Å²) in [5, 5.41) is 8.11. The van der Waals surface area contributed by atoms with Crippen LogP contribution in [0.15, 0.2) is 79.3 Å². The summed E-state index contributed by atoms with van der Waals surface area (Å²) in [5.41, 5.74) is 13.0. The first-order valence-electron chi connectivity index (χ1n) is 15.3. The highest BCUT2D eigenvalue weighted by molar-refractivity contribution is 5.81. The average Bonchev–Trinajstić information content (AvgIpc) is 3.58. The Morgan fingerprint density at radius 1 is 0.976 bits per heavy atom. The van der Waals surface area contributed by atoms with Crippen molar-refractivity contribution in [3.8, 4) is 28.1 Å². The van der Waals surface area contributed by atoms with E-state index in [2.05, 4.69) is 94.1 Å². The number of ether oxygens (including phenoxy) is 1.